The number of carboxylic acid groups (broad SMARTS) is 1. The SMILES string of the molecule is N#Cc1cc2ccc(CC(NC(=O)OCC3c4ccccc4-c4ccccc43)C(=O)O)cc2s1. The van der Waals surface area contributed by atoms with Crippen LogP contribution in [0.25, 0.3) is 21.2 Å². The minimum Gasteiger partial charge on any atom is -0.480 e. The van der Waals surface area contributed by atoms with Gasteiger partial charge in [0.15, 0.2) is 0 Å². The fourth-order valence-electron chi connectivity index (χ4n) is 4.48. The lowest BCUT2D eigenvalue weighted by molar-refractivity contribution is -0.139. The number of carbonyl (C=O) groups excluding carboxylic acids is 1. The van der Waals surface area contributed by atoms with E-state index in [1.54, 1.807) is 6.07 Å². The number of ether oxygens (including phenoxy) is 1. The van der Waals surface area contributed by atoms with Crippen LogP contribution in [0.3, 0.4) is 0 Å². The van der Waals surface area contributed by atoms with Gasteiger partial charge in [0, 0.05) is 17.0 Å². The molecule has 0 bridgehead atoms. The van der Waals surface area contributed by atoms with Gasteiger partial charge in [-0.1, -0.05) is 60.7 Å². The van der Waals surface area contributed by atoms with Gasteiger partial charge >= 0.3 is 12.1 Å². The number of hydrogen-bond donors (Lipinski definition) is 2. The van der Waals surface area contributed by atoms with E-state index in [0.29, 0.717) is 4.88 Å². The highest BCUT2D eigenvalue weighted by molar-refractivity contribution is 7.19. The van der Waals surface area contributed by atoms with Crippen LogP contribution >= 0.6 is 11.3 Å². The van der Waals surface area contributed by atoms with Crippen molar-refractivity contribution >= 4 is 33.5 Å². The molecule has 1 atom stereocenters. The number of carbonyl (C=O) groups is 2. The molecule has 1 aromatic heterocycles. The molecular weight excluding hydrogens is 448 g/mol. The minimum atomic E-state index is -1.14. The number of amides is 1. The van der Waals surface area contributed by atoms with E-state index in [0.717, 1.165) is 37.9 Å². The number of carboxylic acids is 1. The molecule has 1 aliphatic carbocycles. The Hall–Kier alpha value is -4.15. The topological polar surface area (TPSA) is 99.4 Å². The summed E-state index contributed by atoms with van der Waals surface area (Å²) in [6.07, 6.45) is -0.659. The van der Waals surface area contributed by atoms with Gasteiger partial charge in [0.1, 0.15) is 23.6 Å². The van der Waals surface area contributed by atoms with Gasteiger partial charge in [-0.25, -0.2) is 9.59 Å². The van der Waals surface area contributed by atoms with Crippen molar-refractivity contribution in [1.82, 2.24) is 5.32 Å². The number of rotatable bonds is 6. The summed E-state index contributed by atoms with van der Waals surface area (Å²) in [6.45, 7) is 0.115. The second-order valence-electron chi connectivity index (χ2n) is 8.16. The molecule has 5 rings (SSSR count). The summed E-state index contributed by atoms with van der Waals surface area (Å²) in [5.41, 5.74) is 5.18. The number of nitriles is 1. The molecule has 34 heavy (non-hydrogen) atoms. The molecule has 0 radical (unpaired) electrons. The largest absolute Gasteiger partial charge is 0.480 e. The summed E-state index contributed by atoms with van der Waals surface area (Å²) in [5, 5.41) is 22.2. The van der Waals surface area contributed by atoms with Crippen molar-refractivity contribution in [3.8, 4) is 17.2 Å². The average molecular weight is 469 g/mol. The van der Waals surface area contributed by atoms with E-state index < -0.39 is 18.1 Å². The van der Waals surface area contributed by atoms with Gasteiger partial charge in [-0.15, -0.1) is 11.3 Å². The summed E-state index contributed by atoms with van der Waals surface area (Å²) in [5.74, 6) is -1.24. The second kappa shape index (κ2) is 9.00. The van der Waals surface area contributed by atoms with E-state index in [1.807, 2.05) is 54.6 Å². The van der Waals surface area contributed by atoms with E-state index in [9.17, 15) is 14.7 Å². The summed E-state index contributed by atoms with van der Waals surface area (Å²) in [4.78, 5) is 25.0. The van der Waals surface area contributed by atoms with E-state index in [1.165, 1.54) is 11.3 Å². The van der Waals surface area contributed by atoms with Crippen molar-refractivity contribution in [1.29, 1.82) is 5.26 Å². The van der Waals surface area contributed by atoms with Crippen LogP contribution in [0.4, 0.5) is 4.79 Å². The van der Waals surface area contributed by atoms with Gasteiger partial charge in [-0.3, -0.25) is 0 Å². The van der Waals surface area contributed by atoms with Crippen molar-refractivity contribution in [3.05, 3.63) is 94.4 Å². The molecule has 7 heteroatoms. The van der Waals surface area contributed by atoms with Crippen LogP contribution < -0.4 is 5.32 Å². The van der Waals surface area contributed by atoms with Gasteiger partial charge in [0.25, 0.3) is 0 Å². The number of hydrogen-bond acceptors (Lipinski definition) is 5. The second-order valence-corrected chi connectivity index (χ2v) is 9.24. The van der Waals surface area contributed by atoms with Crippen molar-refractivity contribution in [2.75, 3.05) is 6.61 Å². The van der Waals surface area contributed by atoms with E-state index in [-0.39, 0.29) is 18.9 Å². The lowest BCUT2D eigenvalue weighted by Gasteiger charge is -2.17. The lowest BCUT2D eigenvalue weighted by Crippen LogP contribution is -2.42. The Balaban J connectivity index is 1.27. The molecule has 1 unspecified atom stereocenters. The number of nitrogens with one attached hydrogen (secondary N) is 1. The quantitative estimate of drug-likeness (QED) is 0.400. The third-order valence-corrected chi connectivity index (χ3v) is 7.07. The zero-order valence-electron chi connectivity index (χ0n) is 18.0. The predicted molar refractivity (Wildman–Crippen MR) is 130 cm³/mol. The van der Waals surface area contributed by atoms with E-state index in [2.05, 4.69) is 23.5 Å². The maximum atomic E-state index is 12.6. The summed E-state index contributed by atoms with van der Waals surface area (Å²) < 4.78 is 6.40. The monoisotopic (exact) mass is 468 g/mol. The van der Waals surface area contributed by atoms with Gasteiger partial charge in [0.05, 0.1) is 0 Å². The molecule has 0 fully saturated rings. The molecule has 0 aliphatic heterocycles. The molecule has 4 aromatic rings. The smallest absolute Gasteiger partial charge is 0.407 e. The van der Waals surface area contributed by atoms with Gasteiger partial charge in [0.2, 0.25) is 0 Å². The molecular formula is C27H20N2O4S. The molecule has 2 N–H and O–H groups in total. The van der Waals surface area contributed by atoms with E-state index >= 15 is 0 Å². The molecule has 168 valence electrons. The Bertz CT molecular complexity index is 1410. The van der Waals surface area contributed by atoms with Crippen molar-refractivity contribution < 1.29 is 19.4 Å². The predicted octanol–water partition coefficient (Wildman–Crippen LogP) is 5.31. The van der Waals surface area contributed by atoms with Gasteiger partial charge in [-0.05, 0) is 45.3 Å². The Morgan fingerprint density at radius 3 is 2.35 bits per heavy atom. The number of thiophene rings is 1. The van der Waals surface area contributed by atoms with Gasteiger partial charge < -0.3 is 15.2 Å². The Labute approximate surface area is 200 Å². The molecule has 1 aliphatic rings. The Kier molecular flexibility index (Phi) is 5.74. The highest BCUT2D eigenvalue weighted by Crippen LogP contribution is 2.44. The first-order chi connectivity index (χ1) is 16.5. The van der Waals surface area contributed by atoms with Crippen LogP contribution in [0.2, 0.25) is 0 Å². The zero-order chi connectivity index (χ0) is 23.7. The fraction of sp³-hybridized carbons (Fsp3) is 0.148. The number of aliphatic carboxylic acids is 1. The van der Waals surface area contributed by atoms with Crippen LogP contribution in [0.5, 0.6) is 0 Å². The zero-order valence-corrected chi connectivity index (χ0v) is 18.8. The van der Waals surface area contributed by atoms with Crippen LogP contribution in [-0.4, -0.2) is 29.8 Å². The molecule has 6 nitrogen and oxygen atoms in total. The first-order valence-corrected chi connectivity index (χ1v) is 11.6. The van der Waals surface area contributed by atoms with Crippen molar-refractivity contribution in [3.63, 3.8) is 0 Å². The van der Waals surface area contributed by atoms with Gasteiger partial charge in [-0.2, -0.15) is 5.26 Å². The normalized spacial score (nSPS) is 13.0. The maximum absolute atomic E-state index is 12.6. The summed E-state index contributed by atoms with van der Waals surface area (Å²) in [7, 11) is 0. The molecule has 0 saturated heterocycles. The fourth-order valence-corrected chi connectivity index (χ4v) is 5.40. The highest BCUT2D eigenvalue weighted by Gasteiger charge is 2.29. The van der Waals surface area contributed by atoms with Crippen LogP contribution in [-0.2, 0) is 16.0 Å². The maximum Gasteiger partial charge on any atom is 0.407 e. The van der Waals surface area contributed by atoms with Crippen molar-refractivity contribution in [2.24, 2.45) is 0 Å². The number of fused-ring (bicyclic) bond motifs is 4. The molecule has 1 heterocycles. The van der Waals surface area contributed by atoms with Crippen LogP contribution in [0, 0.1) is 11.3 Å². The lowest BCUT2D eigenvalue weighted by atomic mass is 9.98. The summed E-state index contributed by atoms with van der Waals surface area (Å²) in [6, 6.07) is 24.4. The number of nitrogens with zero attached hydrogens (tertiary/aromatic N) is 1. The third-order valence-electron chi connectivity index (χ3n) is 6.07. The number of alkyl carbamates (subject to hydrolysis) is 1. The Morgan fingerprint density at radius 2 is 1.71 bits per heavy atom. The molecule has 1 amide bonds. The minimum absolute atomic E-state index is 0.100. The van der Waals surface area contributed by atoms with E-state index in [4.69, 9.17) is 10.00 Å². The third kappa shape index (κ3) is 4.12. The Morgan fingerprint density at radius 1 is 1.03 bits per heavy atom. The molecule has 3 aromatic carbocycles. The first-order valence-electron chi connectivity index (χ1n) is 10.8. The number of benzene rings is 3. The molecule has 0 saturated carbocycles. The highest BCUT2D eigenvalue weighted by atomic mass is 32.1. The van der Waals surface area contributed by atoms with Crippen LogP contribution in [0.15, 0.2) is 72.8 Å². The summed E-state index contributed by atoms with van der Waals surface area (Å²) >= 11 is 1.35. The average Bonchev–Trinajstić information content (AvgIpc) is 3.40. The van der Waals surface area contributed by atoms with Crippen LogP contribution in [0.1, 0.15) is 27.5 Å². The first kappa shape index (κ1) is 21.7. The standard InChI is InChI=1S/C27H20N2O4S/c28-14-18-13-17-10-9-16(12-25(17)34-18)11-24(26(30)31)29-27(32)33-15-23-21-7-3-1-5-19(21)20-6-2-4-8-22(20)23/h1-10,12-13,23-24H,11,15H2,(H,29,32)(H,30,31). The van der Waals surface area contributed by atoms with Crippen molar-refractivity contribution in [2.45, 2.75) is 18.4 Å². The molecule has 0 spiro atoms.